The quantitative estimate of drug-likeness (QED) is 0.865. The fraction of sp³-hybridized carbons (Fsp3) is 0.250. The molecule has 2 aromatic carbocycles. The van der Waals surface area contributed by atoms with E-state index < -0.39 is 6.10 Å². The van der Waals surface area contributed by atoms with Crippen LogP contribution >= 0.6 is 0 Å². The first-order valence-electron chi connectivity index (χ1n) is 6.35. The highest BCUT2D eigenvalue weighted by Crippen LogP contribution is 2.13. The molecule has 0 fully saturated rings. The smallest absolute Gasteiger partial charge is 0.123 e. The Hall–Kier alpha value is -1.71. The molecule has 0 amide bonds. The Morgan fingerprint density at radius 2 is 1.89 bits per heavy atom. The Morgan fingerprint density at radius 1 is 1.16 bits per heavy atom. The van der Waals surface area contributed by atoms with E-state index >= 15 is 0 Å². The number of nitrogens with one attached hydrogen (secondary N) is 1. The van der Waals surface area contributed by atoms with Crippen molar-refractivity contribution in [3.05, 3.63) is 71.0 Å². The van der Waals surface area contributed by atoms with E-state index in [0.717, 1.165) is 5.56 Å². The summed E-state index contributed by atoms with van der Waals surface area (Å²) in [5.74, 6) is -0.324. The van der Waals surface area contributed by atoms with Crippen LogP contribution in [0.15, 0.2) is 48.5 Å². The maximum atomic E-state index is 13.0. The van der Waals surface area contributed by atoms with Gasteiger partial charge in [-0.15, -0.1) is 0 Å². The van der Waals surface area contributed by atoms with Gasteiger partial charge in [0, 0.05) is 13.1 Å². The Labute approximate surface area is 112 Å². The van der Waals surface area contributed by atoms with Crippen LogP contribution in [0.25, 0.3) is 0 Å². The number of aliphatic hydroxyl groups excluding tert-OH is 1. The van der Waals surface area contributed by atoms with Crippen LogP contribution < -0.4 is 5.32 Å². The lowest BCUT2D eigenvalue weighted by atomic mass is 10.1. The first kappa shape index (κ1) is 13.7. The van der Waals surface area contributed by atoms with Gasteiger partial charge in [-0.2, -0.15) is 0 Å². The molecule has 0 spiro atoms. The molecule has 2 aromatic rings. The van der Waals surface area contributed by atoms with Gasteiger partial charge in [0.2, 0.25) is 0 Å². The Bertz CT molecular complexity index is 525. The van der Waals surface area contributed by atoms with Gasteiger partial charge in [-0.25, -0.2) is 4.39 Å². The van der Waals surface area contributed by atoms with E-state index in [-0.39, 0.29) is 5.82 Å². The monoisotopic (exact) mass is 259 g/mol. The second-order valence-corrected chi connectivity index (χ2v) is 4.69. The summed E-state index contributed by atoms with van der Waals surface area (Å²) in [7, 11) is 0. The molecule has 0 saturated carbocycles. The van der Waals surface area contributed by atoms with Crippen molar-refractivity contribution in [2.24, 2.45) is 0 Å². The number of aryl methyl sites for hydroxylation is 1. The van der Waals surface area contributed by atoms with E-state index in [2.05, 4.69) is 29.6 Å². The Balaban J connectivity index is 1.84. The molecule has 19 heavy (non-hydrogen) atoms. The maximum Gasteiger partial charge on any atom is 0.123 e. The second kappa shape index (κ2) is 6.45. The van der Waals surface area contributed by atoms with E-state index in [1.165, 1.54) is 17.7 Å². The molecule has 0 aliphatic heterocycles. The summed E-state index contributed by atoms with van der Waals surface area (Å²) < 4.78 is 13.0. The van der Waals surface area contributed by atoms with E-state index in [0.29, 0.717) is 18.7 Å². The minimum Gasteiger partial charge on any atom is -0.387 e. The molecule has 0 bridgehead atoms. The molecule has 0 saturated heterocycles. The van der Waals surface area contributed by atoms with Crippen molar-refractivity contribution in [2.45, 2.75) is 19.6 Å². The van der Waals surface area contributed by atoms with Gasteiger partial charge in [-0.3, -0.25) is 0 Å². The largest absolute Gasteiger partial charge is 0.387 e. The zero-order valence-corrected chi connectivity index (χ0v) is 10.9. The van der Waals surface area contributed by atoms with Crippen LogP contribution in [0.1, 0.15) is 22.8 Å². The lowest BCUT2D eigenvalue weighted by Crippen LogP contribution is -2.21. The highest BCUT2D eigenvalue weighted by atomic mass is 19.1. The van der Waals surface area contributed by atoms with Gasteiger partial charge in [-0.05, 0) is 30.2 Å². The van der Waals surface area contributed by atoms with Gasteiger partial charge < -0.3 is 10.4 Å². The topological polar surface area (TPSA) is 32.3 Å². The van der Waals surface area contributed by atoms with Crippen LogP contribution in [0.2, 0.25) is 0 Å². The van der Waals surface area contributed by atoms with Gasteiger partial charge in [0.05, 0.1) is 6.10 Å². The molecule has 0 aliphatic rings. The molecule has 0 heterocycles. The number of hydrogen-bond donors (Lipinski definition) is 2. The number of hydrogen-bond acceptors (Lipinski definition) is 2. The van der Waals surface area contributed by atoms with Crippen molar-refractivity contribution in [3.63, 3.8) is 0 Å². The van der Waals surface area contributed by atoms with Crippen molar-refractivity contribution in [3.8, 4) is 0 Å². The van der Waals surface area contributed by atoms with Gasteiger partial charge >= 0.3 is 0 Å². The molecule has 0 aliphatic carbocycles. The van der Waals surface area contributed by atoms with Crippen molar-refractivity contribution in [2.75, 3.05) is 6.54 Å². The SMILES string of the molecule is Cc1ccc(CNCC(O)c2cccc(F)c2)cc1. The van der Waals surface area contributed by atoms with Gasteiger partial charge in [0.25, 0.3) is 0 Å². The average Bonchev–Trinajstić information content (AvgIpc) is 2.41. The van der Waals surface area contributed by atoms with Crippen LogP contribution in [-0.4, -0.2) is 11.7 Å². The predicted octanol–water partition coefficient (Wildman–Crippen LogP) is 2.96. The first-order chi connectivity index (χ1) is 9.15. The lowest BCUT2D eigenvalue weighted by molar-refractivity contribution is 0.174. The minimum atomic E-state index is -0.693. The van der Waals surface area contributed by atoms with Crippen LogP contribution in [0.5, 0.6) is 0 Å². The summed E-state index contributed by atoms with van der Waals surface area (Å²) in [6, 6.07) is 14.3. The standard InChI is InChI=1S/C16H18FNO/c1-12-5-7-13(8-6-12)10-18-11-16(19)14-3-2-4-15(17)9-14/h2-9,16,18-19H,10-11H2,1H3. The fourth-order valence-corrected chi connectivity index (χ4v) is 1.89. The molecule has 2 rings (SSSR count). The predicted molar refractivity (Wildman–Crippen MR) is 74.2 cm³/mol. The third-order valence-corrected chi connectivity index (χ3v) is 3.02. The van der Waals surface area contributed by atoms with Crippen molar-refractivity contribution < 1.29 is 9.50 Å². The van der Waals surface area contributed by atoms with Crippen LogP contribution in [-0.2, 0) is 6.54 Å². The van der Waals surface area contributed by atoms with E-state index in [9.17, 15) is 9.50 Å². The first-order valence-corrected chi connectivity index (χ1v) is 6.35. The summed E-state index contributed by atoms with van der Waals surface area (Å²) in [6.07, 6.45) is -0.693. The Morgan fingerprint density at radius 3 is 2.58 bits per heavy atom. The summed E-state index contributed by atoms with van der Waals surface area (Å²) >= 11 is 0. The summed E-state index contributed by atoms with van der Waals surface area (Å²) in [4.78, 5) is 0. The van der Waals surface area contributed by atoms with Gasteiger partial charge in [-0.1, -0.05) is 42.0 Å². The molecule has 3 heteroatoms. The summed E-state index contributed by atoms with van der Waals surface area (Å²) in [5, 5.41) is 13.1. The molecule has 100 valence electrons. The molecule has 2 N–H and O–H groups in total. The zero-order chi connectivity index (χ0) is 13.7. The van der Waals surface area contributed by atoms with Crippen molar-refractivity contribution in [1.29, 1.82) is 0 Å². The van der Waals surface area contributed by atoms with E-state index in [4.69, 9.17) is 0 Å². The third-order valence-electron chi connectivity index (χ3n) is 3.02. The van der Waals surface area contributed by atoms with E-state index in [1.807, 2.05) is 6.92 Å². The third kappa shape index (κ3) is 4.16. The molecular formula is C16H18FNO. The maximum absolute atomic E-state index is 13.0. The van der Waals surface area contributed by atoms with Crippen LogP contribution in [0, 0.1) is 12.7 Å². The molecule has 0 aromatic heterocycles. The Kier molecular flexibility index (Phi) is 4.66. The minimum absolute atomic E-state index is 0.324. The highest BCUT2D eigenvalue weighted by Gasteiger charge is 2.07. The van der Waals surface area contributed by atoms with Gasteiger partial charge in [0.15, 0.2) is 0 Å². The van der Waals surface area contributed by atoms with Crippen LogP contribution in [0.3, 0.4) is 0 Å². The number of halogens is 1. The number of benzene rings is 2. The molecule has 1 unspecified atom stereocenters. The summed E-state index contributed by atoms with van der Waals surface area (Å²) in [6.45, 7) is 3.13. The van der Waals surface area contributed by atoms with Crippen molar-refractivity contribution >= 4 is 0 Å². The van der Waals surface area contributed by atoms with E-state index in [1.54, 1.807) is 12.1 Å². The molecule has 0 radical (unpaired) electrons. The van der Waals surface area contributed by atoms with Crippen LogP contribution in [0.4, 0.5) is 4.39 Å². The van der Waals surface area contributed by atoms with Gasteiger partial charge in [0.1, 0.15) is 5.82 Å². The fourth-order valence-electron chi connectivity index (χ4n) is 1.89. The average molecular weight is 259 g/mol. The molecular weight excluding hydrogens is 241 g/mol. The summed E-state index contributed by atoms with van der Waals surface area (Å²) in [5.41, 5.74) is 2.98. The second-order valence-electron chi connectivity index (χ2n) is 4.69. The normalized spacial score (nSPS) is 12.4. The van der Waals surface area contributed by atoms with Crippen molar-refractivity contribution in [1.82, 2.24) is 5.32 Å². The number of aliphatic hydroxyl groups is 1. The highest BCUT2D eigenvalue weighted by molar-refractivity contribution is 5.21. The molecule has 1 atom stereocenters. The zero-order valence-electron chi connectivity index (χ0n) is 10.9. The number of rotatable bonds is 5. The lowest BCUT2D eigenvalue weighted by Gasteiger charge is -2.12. The molecule has 2 nitrogen and oxygen atoms in total.